The van der Waals surface area contributed by atoms with E-state index in [1.165, 1.54) is 5.69 Å². The van der Waals surface area contributed by atoms with Crippen LogP contribution in [0.4, 0.5) is 0 Å². The number of hydrogen-bond acceptors (Lipinski definition) is 4. The lowest BCUT2D eigenvalue weighted by Crippen LogP contribution is -2.17. The zero-order valence-corrected chi connectivity index (χ0v) is 8.69. The van der Waals surface area contributed by atoms with Crippen molar-refractivity contribution in [3.05, 3.63) is 21.7 Å². The van der Waals surface area contributed by atoms with Crippen LogP contribution in [0.5, 0.6) is 0 Å². The molecule has 2 heterocycles. The van der Waals surface area contributed by atoms with Crippen molar-refractivity contribution < 1.29 is 4.74 Å². The van der Waals surface area contributed by atoms with Crippen molar-refractivity contribution in [1.29, 1.82) is 0 Å². The molecule has 14 heavy (non-hydrogen) atoms. The van der Waals surface area contributed by atoms with Crippen LogP contribution in [0.15, 0.2) is 0 Å². The predicted octanol–water partition coefficient (Wildman–Crippen LogP) is 0.713. The molecule has 0 aromatic carbocycles. The summed E-state index contributed by atoms with van der Waals surface area (Å²) >= 11 is 5.05. The van der Waals surface area contributed by atoms with E-state index in [-0.39, 0.29) is 0 Å². The van der Waals surface area contributed by atoms with Crippen molar-refractivity contribution in [3.63, 3.8) is 0 Å². The molecule has 0 atom stereocenters. The molecule has 0 aliphatic carbocycles. The predicted molar refractivity (Wildman–Crippen MR) is 55.5 cm³/mol. The summed E-state index contributed by atoms with van der Waals surface area (Å²) < 4.78 is 5.94. The Kier molecular flexibility index (Phi) is 2.90. The first-order chi connectivity index (χ1) is 6.81. The average molecular weight is 211 g/mol. The first kappa shape index (κ1) is 9.76. The molecule has 0 saturated carbocycles. The zero-order valence-electron chi connectivity index (χ0n) is 7.88. The first-order valence-corrected chi connectivity index (χ1v) is 5.11. The molecule has 0 amide bonds. The molecule has 5 heteroatoms. The van der Waals surface area contributed by atoms with Gasteiger partial charge in [0.1, 0.15) is 0 Å². The van der Waals surface area contributed by atoms with Crippen molar-refractivity contribution in [2.75, 3.05) is 13.2 Å². The van der Waals surface area contributed by atoms with E-state index in [2.05, 4.69) is 9.97 Å². The number of rotatable bonds is 2. The second-order valence-corrected chi connectivity index (χ2v) is 3.67. The maximum atomic E-state index is 5.52. The fraction of sp³-hybridized carbons (Fsp3) is 0.556. The minimum atomic E-state index is 0.550. The Morgan fingerprint density at radius 3 is 3.21 bits per heavy atom. The lowest BCUT2D eigenvalue weighted by molar-refractivity contribution is 0.108. The summed E-state index contributed by atoms with van der Waals surface area (Å²) in [5, 5.41) is 0. The molecule has 0 spiro atoms. The summed E-state index contributed by atoms with van der Waals surface area (Å²) in [4.78, 5) is 7.38. The second kappa shape index (κ2) is 4.16. The van der Waals surface area contributed by atoms with Crippen LogP contribution in [0.2, 0.25) is 0 Å². The van der Waals surface area contributed by atoms with Crippen molar-refractivity contribution in [3.8, 4) is 0 Å². The molecule has 2 rings (SSSR count). The summed E-state index contributed by atoms with van der Waals surface area (Å²) in [6.07, 6.45) is 1.66. The van der Waals surface area contributed by atoms with E-state index in [4.69, 9.17) is 22.7 Å². The third-order valence-corrected chi connectivity index (χ3v) is 2.52. The Labute approximate surface area is 87.5 Å². The molecule has 3 N–H and O–H groups in total. The van der Waals surface area contributed by atoms with Gasteiger partial charge in [-0.3, -0.25) is 0 Å². The molecule has 0 radical (unpaired) electrons. The Bertz CT molecular complexity index is 388. The van der Waals surface area contributed by atoms with Gasteiger partial charge in [0.25, 0.3) is 0 Å². The summed E-state index contributed by atoms with van der Waals surface area (Å²) in [6.45, 7) is 1.98. The maximum absolute atomic E-state index is 5.52. The van der Waals surface area contributed by atoms with Gasteiger partial charge in [0, 0.05) is 24.1 Å². The molecule has 1 aromatic rings. The monoisotopic (exact) mass is 211 g/mol. The number of ether oxygens (including phenoxy) is 1. The van der Waals surface area contributed by atoms with E-state index in [1.54, 1.807) is 0 Å². The van der Waals surface area contributed by atoms with E-state index in [9.17, 15) is 0 Å². The summed E-state index contributed by atoms with van der Waals surface area (Å²) in [5.74, 6) is 0. The highest BCUT2D eigenvalue weighted by Gasteiger charge is 2.14. The van der Waals surface area contributed by atoms with E-state index in [0.29, 0.717) is 17.9 Å². The van der Waals surface area contributed by atoms with Crippen molar-refractivity contribution >= 4 is 12.2 Å². The highest BCUT2D eigenvalue weighted by molar-refractivity contribution is 7.71. The molecule has 0 saturated heterocycles. The molecule has 0 unspecified atom stereocenters. The van der Waals surface area contributed by atoms with Crippen molar-refractivity contribution in [1.82, 2.24) is 9.97 Å². The van der Waals surface area contributed by atoms with Crippen LogP contribution in [-0.2, 0) is 24.2 Å². The standard InChI is InChI=1S/C9H13N3OS/c10-3-1-7-6-5-13-4-2-8(6)12-9(14)11-7/h1-5,10H2,(H,11,12,14). The Hall–Kier alpha value is -0.780. The van der Waals surface area contributed by atoms with Gasteiger partial charge in [0.15, 0.2) is 4.77 Å². The van der Waals surface area contributed by atoms with Gasteiger partial charge in [-0.2, -0.15) is 0 Å². The van der Waals surface area contributed by atoms with Gasteiger partial charge in [-0.15, -0.1) is 0 Å². The third-order valence-electron chi connectivity index (χ3n) is 2.33. The lowest BCUT2D eigenvalue weighted by Gasteiger charge is -2.18. The minimum Gasteiger partial charge on any atom is -0.376 e. The normalized spacial score (nSPS) is 15.2. The Morgan fingerprint density at radius 1 is 1.57 bits per heavy atom. The molecule has 1 aliphatic rings. The largest absolute Gasteiger partial charge is 0.376 e. The summed E-state index contributed by atoms with van der Waals surface area (Å²) in [7, 11) is 0. The van der Waals surface area contributed by atoms with E-state index in [0.717, 1.165) is 30.7 Å². The maximum Gasteiger partial charge on any atom is 0.197 e. The Balaban J connectivity index is 2.47. The van der Waals surface area contributed by atoms with Gasteiger partial charge in [0.2, 0.25) is 0 Å². The Morgan fingerprint density at radius 2 is 2.43 bits per heavy atom. The number of nitrogens with one attached hydrogen (secondary N) is 1. The van der Waals surface area contributed by atoms with Gasteiger partial charge < -0.3 is 15.5 Å². The second-order valence-electron chi connectivity index (χ2n) is 3.29. The number of aromatic amines is 1. The molecule has 0 fully saturated rings. The number of aromatic nitrogens is 2. The molecular weight excluding hydrogens is 198 g/mol. The number of nitrogens with two attached hydrogens (primary N) is 1. The topological polar surface area (TPSA) is 63.9 Å². The molecule has 76 valence electrons. The van der Waals surface area contributed by atoms with E-state index >= 15 is 0 Å². The quantitative estimate of drug-likeness (QED) is 0.707. The number of H-pyrrole nitrogens is 1. The fourth-order valence-corrected chi connectivity index (χ4v) is 1.91. The zero-order chi connectivity index (χ0) is 9.97. The van der Waals surface area contributed by atoms with Crippen LogP contribution in [-0.4, -0.2) is 23.1 Å². The summed E-state index contributed by atoms with van der Waals surface area (Å²) in [5.41, 5.74) is 8.83. The van der Waals surface area contributed by atoms with Crippen molar-refractivity contribution in [2.24, 2.45) is 5.73 Å². The van der Waals surface area contributed by atoms with Crippen LogP contribution in [0.1, 0.15) is 17.0 Å². The highest BCUT2D eigenvalue weighted by atomic mass is 32.1. The first-order valence-electron chi connectivity index (χ1n) is 4.70. The molecule has 1 aromatic heterocycles. The van der Waals surface area contributed by atoms with Crippen molar-refractivity contribution in [2.45, 2.75) is 19.4 Å². The van der Waals surface area contributed by atoms with Gasteiger partial charge >= 0.3 is 0 Å². The number of fused-ring (bicyclic) bond motifs is 1. The van der Waals surface area contributed by atoms with Crippen LogP contribution in [0.25, 0.3) is 0 Å². The number of hydrogen-bond donors (Lipinski definition) is 2. The number of nitrogens with zero attached hydrogens (tertiary/aromatic N) is 1. The molecule has 1 aliphatic heterocycles. The lowest BCUT2D eigenvalue weighted by atomic mass is 10.1. The van der Waals surface area contributed by atoms with E-state index in [1.807, 2.05) is 0 Å². The molecular formula is C9H13N3OS. The third kappa shape index (κ3) is 1.84. The fourth-order valence-electron chi connectivity index (χ4n) is 1.67. The van der Waals surface area contributed by atoms with Gasteiger partial charge in [-0.05, 0) is 18.8 Å². The van der Waals surface area contributed by atoms with Crippen LogP contribution < -0.4 is 5.73 Å². The van der Waals surface area contributed by atoms with Gasteiger partial charge in [-0.1, -0.05) is 0 Å². The van der Waals surface area contributed by atoms with E-state index < -0.39 is 0 Å². The van der Waals surface area contributed by atoms with Gasteiger partial charge in [-0.25, -0.2) is 4.98 Å². The molecule has 0 bridgehead atoms. The average Bonchev–Trinajstić information content (AvgIpc) is 2.18. The minimum absolute atomic E-state index is 0.550. The van der Waals surface area contributed by atoms with Crippen LogP contribution in [0, 0.1) is 4.77 Å². The SMILES string of the molecule is NCCc1nc(=S)[nH]c2c1COCC2. The van der Waals surface area contributed by atoms with Gasteiger partial charge in [0.05, 0.1) is 18.9 Å². The summed E-state index contributed by atoms with van der Waals surface area (Å²) in [6, 6.07) is 0. The van der Waals surface area contributed by atoms with Crippen LogP contribution in [0.3, 0.4) is 0 Å². The molecule has 4 nitrogen and oxygen atoms in total. The van der Waals surface area contributed by atoms with Crippen LogP contribution >= 0.6 is 12.2 Å². The highest BCUT2D eigenvalue weighted by Crippen LogP contribution is 2.17. The smallest absolute Gasteiger partial charge is 0.197 e.